The molecule has 0 radical (unpaired) electrons. The van der Waals surface area contributed by atoms with Crippen molar-refractivity contribution in [1.29, 1.82) is 0 Å². The van der Waals surface area contributed by atoms with Gasteiger partial charge in [0.05, 0.1) is 5.03 Å². The van der Waals surface area contributed by atoms with E-state index in [1.165, 1.54) is 5.56 Å². The van der Waals surface area contributed by atoms with Crippen molar-refractivity contribution in [2.75, 3.05) is 0 Å². The summed E-state index contributed by atoms with van der Waals surface area (Å²) >= 11 is 16.9. The maximum atomic E-state index is 5.82. The molecule has 0 nitrogen and oxygen atoms in total. The average molecular weight is 236 g/mol. The molecule has 0 saturated carbocycles. The lowest BCUT2D eigenvalue weighted by atomic mass is 10.1. The summed E-state index contributed by atoms with van der Waals surface area (Å²) in [6, 6.07) is 8.06. The predicted molar refractivity (Wildman–Crippen MR) is 59.5 cm³/mol. The minimum absolute atomic E-state index is 0.142. The second kappa shape index (κ2) is 4.90. The number of allylic oxidation sites excluding steroid dienone is 1. The molecule has 1 rings (SSSR count). The van der Waals surface area contributed by atoms with Crippen LogP contribution in [0.2, 0.25) is 0 Å². The summed E-state index contributed by atoms with van der Waals surface area (Å²) < 4.78 is 0.142. The quantitative estimate of drug-likeness (QED) is 0.712. The van der Waals surface area contributed by atoms with Crippen molar-refractivity contribution in [3.8, 4) is 0 Å². The molecule has 13 heavy (non-hydrogen) atoms. The van der Waals surface area contributed by atoms with E-state index in [-0.39, 0.29) is 4.49 Å². The van der Waals surface area contributed by atoms with E-state index in [0.29, 0.717) is 11.5 Å². The second-order valence-electron chi connectivity index (χ2n) is 2.83. The fraction of sp³-hybridized carbons (Fsp3) is 0.200. The molecule has 0 fully saturated rings. The zero-order valence-corrected chi connectivity index (χ0v) is 9.42. The van der Waals surface area contributed by atoms with Gasteiger partial charge < -0.3 is 0 Å². The Kier molecular flexibility index (Phi) is 4.11. The summed E-state index contributed by atoms with van der Waals surface area (Å²) in [5.41, 5.74) is 2.32. The Morgan fingerprint density at radius 3 is 2.46 bits per heavy atom. The average Bonchev–Trinajstić information content (AvgIpc) is 2.04. The largest absolute Gasteiger partial charge is 0.121 e. The molecule has 0 aromatic heterocycles. The van der Waals surface area contributed by atoms with Crippen LogP contribution in [-0.2, 0) is 6.42 Å². The van der Waals surface area contributed by atoms with Gasteiger partial charge in [-0.3, -0.25) is 0 Å². The lowest BCUT2D eigenvalue weighted by Crippen LogP contribution is -1.86. The molecule has 0 spiro atoms. The van der Waals surface area contributed by atoms with Gasteiger partial charge in [-0.2, -0.15) is 0 Å². The van der Waals surface area contributed by atoms with Crippen LogP contribution in [0.15, 0.2) is 33.8 Å². The van der Waals surface area contributed by atoms with Crippen LogP contribution in [-0.4, -0.2) is 0 Å². The summed E-state index contributed by atoms with van der Waals surface area (Å²) in [4.78, 5) is 0. The van der Waals surface area contributed by atoms with Gasteiger partial charge in [-0.25, -0.2) is 0 Å². The number of rotatable bonds is 2. The summed E-state index contributed by atoms with van der Waals surface area (Å²) in [6.45, 7) is 2.03. The van der Waals surface area contributed by atoms with Crippen LogP contribution in [0.1, 0.15) is 11.1 Å². The normalized spacial score (nSPS) is 9.85. The molecule has 0 bridgehead atoms. The first-order chi connectivity index (χ1) is 6.09. The van der Waals surface area contributed by atoms with Gasteiger partial charge in [0.25, 0.3) is 0 Å². The van der Waals surface area contributed by atoms with E-state index in [1.54, 1.807) is 0 Å². The van der Waals surface area contributed by atoms with E-state index in [4.69, 9.17) is 34.8 Å². The Balaban J connectivity index is 2.81. The van der Waals surface area contributed by atoms with Crippen LogP contribution in [0.4, 0.5) is 0 Å². The maximum Gasteiger partial charge on any atom is 0.121 e. The molecule has 0 aliphatic carbocycles. The van der Waals surface area contributed by atoms with Gasteiger partial charge in [0.15, 0.2) is 0 Å². The molecular weight excluding hydrogens is 226 g/mol. The number of hydrogen-bond donors (Lipinski definition) is 0. The van der Waals surface area contributed by atoms with Crippen LogP contribution < -0.4 is 0 Å². The Bertz CT molecular complexity index is 325. The molecule has 1 aromatic rings. The standard InChI is InChI=1S/C10H9Cl3/c1-7-3-2-4-8(5-7)6-9(11)10(12)13/h2-5H,6H2,1H3. The van der Waals surface area contributed by atoms with Crippen molar-refractivity contribution in [2.24, 2.45) is 0 Å². The Morgan fingerprint density at radius 2 is 1.92 bits per heavy atom. The van der Waals surface area contributed by atoms with Gasteiger partial charge in [0.1, 0.15) is 4.49 Å². The van der Waals surface area contributed by atoms with Crippen molar-refractivity contribution in [3.05, 3.63) is 44.9 Å². The molecule has 0 unspecified atom stereocenters. The second-order valence-corrected chi connectivity index (χ2v) is 4.24. The van der Waals surface area contributed by atoms with E-state index in [9.17, 15) is 0 Å². The minimum atomic E-state index is 0.142. The first kappa shape index (κ1) is 10.9. The van der Waals surface area contributed by atoms with Crippen molar-refractivity contribution >= 4 is 34.8 Å². The van der Waals surface area contributed by atoms with Crippen molar-refractivity contribution < 1.29 is 0 Å². The molecule has 0 aliphatic heterocycles. The first-order valence-corrected chi connectivity index (χ1v) is 4.98. The smallest absolute Gasteiger partial charge is 0.0862 e. The van der Waals surface area contributed by atoms with Crippen LogP contribution in [0.25, 0.3) is 0 Å². The lowest BCUT2D eigenvalue weighted by Gasteiger charge is -2.01. The van der Waals surface area contributed by atoms with Crippen molar-refractivity contribution in [2.45, 2.75) is 13.3 Å². The molecular formula is C10H9Cl3. The van der Waals surface area contributed by atoms with E-state index in [0.717, 1.165) is 5.56 Å². The van der Waals surface area contributed by atoms with E-state index in [2.05, 4.69) is 6.07 Å². The van der Waals surface area contributed by atoms with Gasteiger partial charge in [0, 0.05) is 6.42 Å². The molecule has 0 saturated heterocycles. The molecule has 3 heteroatoms. The van der Waals surface area contributed by atoms with E-state index >= 15 is 0 Å². The number of aryl methyl sites for hydroxylation is 1. The maximum absolute atomic E-state index is 5.82. The first-order valence-electron chi connectivity index (χ1n) is 3.85. The molecule has 1 aromatic carbocycles. The topological polar surface area (TPSA) is 0 Å². The van der Waals surface area contributed by atoms with Crippen LogP contribution >= 0.6 is 34.8 Å². The van der Waals surface area contributed by atoms with Crippen molar-refractivity contribution in [3.63, 3.8) is 0 Å². The highest BCUT2D eigenvalue weighted by atomic mass is 35.5. The van der Waals surface area contributed by atoms with Crippen LogP contribution in [0, 0.1) is 6.92 Å². The van der Waals surface area contributed by atoms with E-state index < -0.39 is 0 Å². The van der Waals surface area contributed by atoms with Gasteiger partial charge in [-0.1, -0.05) is 64.6 Å². The fourth-order valence-electron chi connectivity index (χ4n) is 1.07. The Morgan fingerprint density at radius 1 is 1.23 bits per heavy atom. The fourth-order valence-corrected chi connectivity index (χ4v) is 1.36. The predicted octanol–water partition coefficient (Wildman–Crippen LogP) is 4.42. The zero-order chi connectivity index (χ0) is 9.84. The number of hydrogen-bond acceptors (Lipinski definition) is 0. The third-order valence-electron chi connectivity index (χ3n) is 1.65. The minimum Gasteiger partial charge on any atom is -0.0862 e. The summed E-state index contributed by atoms with van der Waals surface area (Å²) in [6.07, 6.45) is 0.589. The SMILES string of the molecule is Cc1cccc(CC(Cl)=C(Cl)Cl)c1. The third kappa shape index (κ3) is 3.60. The molecule has 0 N–H and O–H groups in total. The lowest BCUT2D eigenvalue weighted by molar-refractivity contribution is 1.23. The van der Waals surface area contributed by atoms with Gasteiger partial charge in [0.2, 0.25) is 0 Å². The highest BCUT2D eigenvalue weighted by Gasteiger charge is 2.00. The molecule has 0 atom stereocenters. The Hall–Kier alpha value is -0.170. The summed E-state index contributed by atoms with van der Waals surface area (Å²) in [5.74, 6) is 0. The molecule has 0 heterocycles. The van der Waals surface area contributed by atoms with Crippen LogP contribution in [0.5, 0.6) is 0 Å². The molecule has 70 valence electrons. The monoisotopic (exact) mass is 234 g/mol. The van der Waals surface area contributed by atoms with E-state index in [1.807, 2.05) is 25.1 Å². The van der Waals surface area contributed by atoms with Gasteiger partial charge in [-0.15, -0.1) is 0 Å². The highest BCUT2D eigenvalue weighted by Crippen LogP contribution is 2.22. The van der Waals surface area contributed by atoms with Gasteiger partial charge in [-0.05, 0) is 12.5 Å². The third-order valence-corrected chi connectivity index (χ3v) is 2.62. The number of halogens is 3. The number of benzene rings is 1. The molecule has 0 amide bonds. The highest BCUT2D eigenvalue weighted by molar-refractivity contribution is 6.59. The van der Waals surface area contributed by atoms with Crippen molar-refractivity contribution in [1.82, 2.24) is 0 Å². The zero-order valence-electron chi connectivity index (χ0n) is 7.15. The van der Waals surface area contributed by atoms with Crippen LogP contribution in [0.3, 0.4) is 0 Å². The molecule has 0 aliphatic rings. The van der Waals surface area contributed by atoms with Gasteiger partial charge >= 0.3 is 0 Å². The Labute approximate surface area is 93.1 Å². The summed E-state index contributed by atoms with van der Waals surface area (Å²) in [5, 5.41) is 0.480. The summed E-state index contributed by atoms with van der Waals surface area (Å²) in [7, 11) is 0.